The van der Waals surface area contributed by atoms with E-state index in [9.17, 15) is 9.90 Å². The topological polar surface area (TPSA) is 79.5 Å². The molecule has 3 aromatic rings. The lowest BCUT2D eigenvalue weighted by molar-refractivity contribution is 0.0693. The van der Waals surface area contributed by atoms with Crippen molar-refractivity contribution in [2.45, 2.75) is 0 Å². The minimum atomic E-state index is -1.05. The molecule has 0 aliphatic heterocycles. The fraction of sp³-hybridized carbons (Fsp3) is 0.0714. The Morgan fingerprint density at radius 3 is 2.85 bits per heavy atom. The number of carboxylic acid groups (broad SMARTS) is 1. The third kappa shape index (κ3) is 1.87. The van der Waals surface area contributed by atoms with Crippen LogP contribution >= 0.6 is 0 Å². The average molecular weight is 268 g/mol. The zero-order chi connectivity index (χ0) is 14.1. The van der Waals surface area contributed by atoms with Crippen LogP contribution in [0.1, 0.15) is 10.5 Å². The summed E-state index contributed by atoms with van der Waals surface area (Å²) in [4.78, 5) is 19.6. The van der Waals surface area contributed by atoms with Crippen LogP contribution in [0.15, 0.2) is 42.9 Å². The first kappa shape index (κ1) is 12.2. The van der Waals surface area contributed by atoms with E-state index in [1.54, 1.807) is 36.0 Å². The van der Waals surface area contributed by atoms with E-state index in [1.807, 2.05) is 18.3 Å². The highest BCUT2D eigenvalue weighted by Gasteiger charge is 2.17. The van der Waals surface area contributed by atoms with Gasteiger partial charge in [-0.2, -0.15) is 0 Å². The van der Waals surface area contributed by atoms with Gasteiger partial charge in [0, 0.05) is 31.2 Å². The number of rotatable bonds is 3. The Hall–Kier alpha value is -2.89. The van der Waals surface area contributed by atoms with Crippen LogP contribution in [0, 0.1) is 0 Å². The molecule has 0 saturated heterocycles. The molecule has 0 amide bonds. The Morgan fingerprint density at radius 1 is 1.35 bits per heavy atom. The quantitative estimate of drug-likeness (QED) is 0.760. The first-order valence-corrected chi connectivity index (χ1v) is 6.04. The summed E-state index contributed by atoms with van der Waals surface area (Å²) < 4.78 is 1.76. The highest BCUT2D eigenvalue weighted by atomic mass is 16.4. The zero-order valence-electron chi connectivity index (χ0n) is 10.7. The van der Waals surface area contributed by atoms with Gasteiger partial charge in [0.2, 0.25) is 0 Å². The Labute approximate surface area is 114 Å². The number of pyridine rings is 2. The number of aromatic nitrogens is 3. The van der Waals surface area contributed by atoms with Crippen molar-refractivity contribution in [3.63, 3.8) is 0 Å². The van der Waals surface area contributed by atoms with Gasteiger partial charge in [-0.05, 0) is 24.3 Å². The molecule has 3 heterocycles. The van der Waals surface area contributed by atoms with Gasteiger partial charge in [-0.15, -0.1) is 0 Å². The van der Waals surface area contributed by atoms with E-state index >= 15 is 0 Å². The van der Waals surface area contributed by atoms with Crippen LogP contribution < -0.4 is 5.32 Å². The fourth-order valence-corrected chi connectivity index (χ4v) is 2.09. The van der Waals surface area contributed by atoms with E-state index < -0.39 is 5.97 Å². The fourth-order valence-electron chi connectivity index (χ4n) is 2.09. The molecule has 0 aliphatic carbocycles. The highest BCUT2D eigenvalue weighted by molar-refractivity contribution is 5.95. The molecule has 3 aromatic heterocycles. The molecule has 0 aromatic carbocycles. The van der Waals surface area contributed by atoms with Crippen molar-refractivity contribution in [2.24, 2.45) is 0 Å². The molecular weight excluding hydrogens is 256 g/mol. The number of nitrogens with one attached hydrogen (secondary N) is 1. The molecular formula is C14H12N4O2. The van der Waals surface area contributed by atoms with Crippen molar-refractivity contribution < 1.29 is 9.90 Å². The number of anilines is 1. The van der Waals surface area contributed by atoms with Gasteiger partial charge in [0.15, 0.2) is 5.69 Å². The molecule has 100 valence electrons. The lowest BCUT2D eigenvalue weighted by atomic mass is 10.2. The summed E-state index contributed by atoms with van der Waals surface area (Å²) in [7, 11) is 1.81. The van der Waals surface area contributed by atoms with Gasteiger partial charge in [-0.1, -0.05) is 0 Å². The van der Waals surface area contributed by atoms with E-state index in [1.165, 1.54) is 0 Å². The summed E-state index contributed by atoms with van der Waals surface area (Å²) in [5.41, 5.74) is 2.22. The maximum atomic E-state index is 11.3. The summed E-state index contributed by atoms with van der Waals surface area (Å²) in [6.45, 7) is 0. The summed E-state index contributed by atoms with van der Waals surface area (Å²) in [6, 6.07) is 7.19. The van der Waals surface area contributed by atoms with Crippen molar-refractivity contribution in [1.82, 2.24) is 14.4 Å². The largest absolute Gasteiger partial charge is 0.476 e. The SMILES string of the molecule is CNc1ccc2c(C(=O)O)nc(-c3cccnc3)n2c1. The summed E-state index contributed by atoms with van der Waals surface area (Å²) in [5, 5.41) is 12.3. The van der Waals surface area contributed by atoms with Crippen molar-refractivity contribution >= 4 is 17.2 Å². The molecule has 20 heavy (non-hydrogen) atoms. The number of carbonyl (C=O) groups is 1. The van der Waals surface area contributed by atoms with Crippen LogP contribution in [-0.4, -0.2) is 32.5 Å². The van der Waals surface area contributed by atoms with Gasteiger partial charge < -0.3 is 10.4 Å². The molecule has 0 saturated carbocycles. The second-order valence-corrected chi connectivity index (χ2v) is 4.25. The van der Waals surface area contributed by atoms with E-state index in [2.05, 4.69) is 15.3 Å². The van der Waals surface area contributed by atoms with Crippen molar-refractivity contribution in [1.29, 1.82) is 0 Å². The van der Waals surface area contributed by atoms with E-state index in [0.717, 1.165) is 11.3 Å². The van der Waals surface area contributed by atoms with Crippen LogP contribution in [-0.2, 0) is 0 Å². The predicted molar refractivity (Wildman–Crippen MR) is 74.9 cm³/mol. The summed E-state index contributed by atoms with van der Waals surface area (Å²) >= 11 is 0. The standard InChI is InChI=1S/C14H12N4O2/c1-15-10-4-5-11-12(14(19)20)17-13(18(11)8-10)9-3-2-6-16-7-9/h2-8,15H,1H3,(H,19,20). The van der Waals surface area contributed by atoms with Crippen molar-refractivity contribution in [3.05, 3.63) is 48.5 Å². The Bertz CT molecular complexity index is 780. The Kier molecular flexibility index (Phi) is 2.83. The molecule has 0 radical (unpaired) electrons. The average Bonchev–Trinajstić information content (AvgIpc) is 2.87. The molecule has 2 N–H and O–H groups in total. The maximum absolute atomic E-state index is 11.3. The first-order valence-electron chi connectivity index (χ1n) is 6.04. The zero-order valence-corrected chi connectivity index (χ0v) is 10.7. The number of nitrogens with zero attached hydrogens (tertiary/aromatic N) is 3. The number of fused-ring (bicyclic) bond motifs is 1. The molecule has 3 rings (SSSR count). The van der Waals surface area contributed by atoms with E-state index in [0.29, 0.717) is 11.3 Å². The molecule has 0 unspecified atom stereocenters. The van der Waals surface area contributed by atoms with Gasteiger partial charge >= 0.3 is 5.97 Å². The van der Waals surface area contributed by atoms with Crippen LogP contribution in [0.2, 0.25) is 0 Å². The van der Waals surface area contributed by atoms with Crippen LogP contribution in [0.3, 0.4) is 0 Å². The lowest BCUT2D eigenvalue weighted by Gasteiger charge is -2.04. The van der Waals surface area contributed by atoms with Gasteiger partial charge in [-0.3, -0.25) is 9.38 Å². The number of hydrogen-bond donors (Lipinski definition) is 2. The smallest absolute Gasteiger partial charge is 0.356 e. The molecule has 6 heteroatoms. The van der Waals surface area contributed by atoms with Crippen LogP contribution in [0.25, 0.3) is 16.9 Å². The normalized spacial score (nSPS) is 10.7. The first-order chi connectivity index (χ1) is 9.70. The molecule has 0 atom stereocenters. The maximum Gasteiger partial charge on any atom is 0.356 e. The summed E-state index contributed by atoms with van der Waals surface area (Å²) in [5.74, 6) is -0.488. The van der Waals surface area contributed by atoms with Gasteiger partial charge in [0.1, 0.15) is 5.82 Å². The Morgan fingerprint density at radius 2 is 2.20 bits per heavy atom. The Balaban J connectivity index is 2.33. The van der Waals surface area contributed by atoms with Gasteiger partial charge in [0.25, 0.3) is 0 Å². The monoisotopic (exact) mass is 268 g/mol. The number of hydrogen-bond acceptors (Lipinski definition) is 4. The minimum absolute atomic E-state index is 0.0338. The number of carboxylic acids is 1. The molecule has 0 aliphatic rings. The second-order valence-electron chi connectivity index (χ2n) is 4.25. The number of aromatic carboxylic acids is 1. The number of imidazole rings is 1. The highest BCUT2D eigenvalue weighted by Crippen LogP contribution is 2.24. The minimum Gasteiger partial charge on any atom is -0.476 e. The van der Waals surface area contributed by atoms with Gasteiger partial charge in [-0.25, -0.2) is 9.78 Å². The van der Waals surface area contributed by atoms with Crippen molar-refractivity contribution in [2.75, 3.05) is 12.4 Å². The third-order valence-electron chi connectivity index (χ3n) is 3.05. The predicted octanol–water partition coefficient (Wildman–Crippen LogP) is 2.14. The molecule has 6 nitrogen and oxygen atoms in total. The molecule has 0 fully saturated rings. The van der Waals surface area contributed by atoms with Crippen molar-refractivity contribution in [3.8, 4) is 11.4 Å². The van der Waals surface area contributed by atoms with Gasteiger partial charge in [0.05, 0.1) is 11.2 Å². The van der Waals surface area contributed by atoms with Crippen LogP contribution in [0.5, 0.6) is 0 Å². The van der Waals surface area contributed by atoms with Crippen LogP contribution in [0.4, 0.5) is 5.69 Å². The van der Waals surface area contributed by atoms with E-state index in [-0.39, 0.29) is 5.69 Å². The lowest BCUT2D eigenvalue weighted by Crippen LogP contribution is -1.97. The third-order valence-corrected chi connectivity index (χ3v) is 3.05. The molecule has 0 spiro atoms. The summed E-state index contributed by atoms with van der Waals surface area (Å²) in [6.07, 6.45) is 5.14. The molecule has 0 bridgehead atoms. The van der Waals surface area contributed by atoms with E-state index in [4.69, 9.17) is 0 Å². The second kappa shape index (κ2) is 4.65.